The lowest BCUT2D eigenvalue weighted by Gasteiger charge is -2.21. The Hall–Kier alpha value is -1.43. The molecule has 1 aromatic carbocycles. The van der Waals surface area contributed by atoms with Crippen LogP contribution in [-0.4, -0.2) is 18.2 Å². The van der Waals surface area contributed by atoms with Crippen molar-refractivity contribution in [3.63, 3.8) is 0 Å². The van der Waals surface area contributed by atoms with Gasteiger partial charge in [0.25, 0.3) is 0 Å². The first-order chi connectivity index (χ1) is 8.75. The largest absolute Gasteiger partial charge is 0.446 e. The average molecular weight is 296 g/mol. The van der Waals surface area contributed by atoms with E-state index in [4.69, 9.17) is 16.3 Å². The maximum atomic E-state index is 12.6. The number of hydrogen-bond donors (Lipinski definition) is 0. The Balaban J connectivity index is 3.02. The van der Waals surface area contributed by atoms with E-state index in [1.54, 1.807) is 13.8 Å². The zero-order valence-corrected chi connectivity index (χ0v) is 11.1. The maximum Gasteiger partial charge on any atom is 0.416 e. The SMILES string of the molecule is CC(C)OC(=O)N(CCl)c1cccc(C(F)(F)F)c1. The van der Waals surface area contributed by atoms with Gasteiger partial charge in [-0.15, -0.1) is 11.6 Å². The highest BCUT2D eigenvalue weighted by Gasteiger charge is 2.31. The first-order valence-corrected chi connectivity index (χ1v) is 6.00. The van der Waals surface area contributed by atoms with Gasteiger partial charge in [0.1, 0.15) is 6.00 Å². The van der Waals surface area contributed by atoms with Gasteiger partial charge in [-0.25, -0.2) is 4.79 Å². The summed E-state index contributed by atoms with van der Waals surface area (Å²) < 4.78 is 42.6. The normalized spacial score (nSPS) is 11.5. The molecule has 0 saturated heterocycles. The molecule has 106 valence electrons. The molecule has 0 aromatic heterocycles. The highest BCUT2D eigenvalue weighted by molar-refractivity contribution is 6.21. The van der Waals surface area contributed by atoms with E-state index in [0.29, 0.717) is 0 Å². The van der Waals surface area contributed by atoms with Gasteiger partial charge in [0.15, 0.2) is 0 Å². The number of ether oxygens (including phenoxy) is 1. The standard InChI is InChI=1S/C12H13ClF3NO2/c1-8(2)19-11(18)17(7-13)10-5-3-4-9(6-10)12(14,15)16/h3-6,8H,7H2,1-2H3. The predicted octanol–water partition coefficient (Wildman–Crippen LogP) is 4.25. The molecular formula is C12H13ClF3NO2. The summed E-state index contributed by atoms with van der Waals surface area (Å²) in [4.78, 5) is 12.6. The van der Waals surface area contributed by atoms with Crippen LogP contribution in [-0.2, 0) is 10.9 Å². The minimum atomic E-state index is -4.48. The van der Waals surface area contributed by atoms with Crippen molar-refractivity contribution in [3.05, 3.63) is 29.8 Å². The Labute approximate surface area is 113 Å². The zero-order chi connectivity index (χ0) is 14.6. The smallest absolute Gasteiger partial charge is 0.416 e. The number of hydrogen-bond acceptors (Lipinski definition) is 2. The van der Waals surface area contributed by atoms with E-state index < -0.39 is 17.8 Å². The third-order valence-electron chi connectivity index (χ3n) is 2.16. The first kappa shape index (κ1) is 15.6. The van der Waals surface area contributed by atoms with Gasteiger partial charge < -0.3 is 4.74 Å². The molecule has 7 heteroatoms. The summed E-state index contributed by atoms with van der Waals surface area (Å²) in [7, 11) is 0. The lowest BCUT2D eigenvalue weighted by Crippen LogP contribution is -2.32. The second kappa shape index (κ2) is 6.14. The molecule has 0 aliphatic rings. The molecule has 0 fully saturated rings. The third kappa shape index (κ3) is 4.31. The van der Waals surface area contributed by atoms with Gasteiger partial charge >= 0.3 is 12.3 Å². The fourth-order valence-electron chi connectivity index (χ4n) is 1.34. The Bertz CT molecular complexity index is 449. The summed E-state index contributed by atoms with van der Waals surface area (Å²) in [5.41, 5.74) is -0.812. The number of nitrogens with zero attached hydrogens (tertiary/aromatic N) is 1. The quantitative estimate of drug-likeness (QED) is 0.616. The number of anilines is 1. The van der Waals surface area contributed by atoms with E-state index in [9.17, 15) is 18.0 Å². The summed E-state index contributed by atoms with van der Waals surface area (Å²) in [5.74, 6) is 0. The fraction of sp³-hybridized carbons (Fsp3) is 0.417. The van der Waals surface area contributed by atoms with Gasteiger partial charge in [-0.1, -0.05) is 6.07 Å². The Kier molecular flexibility index (Phi) is 5.05. The van der Waals surface area contributed by atoms with Crippen LogP contribution in [0, 0.1) is 0 Å². The molecule has 0 heterocycles. The van der Waals surface area contributed by atoms with E-state index >= 15 is 0 Å². The Morgan fingerprint density at radius 3 is 2.53 bits per heavy atom. The van der Waals surface area contributed by atoms with Crippen molar-refractivity contribution in [1.82, 2.24) is 0 Å². The molecule has 1 aromatic rings. The molecule has 3 nitrogen and oxygen atoms in total. The Morgan fingerprint density at radius 2 is 2.05 bits per heavy atom. The van der Waals surface area contributed by atoms with Crippen LogP contribution < -0.4 is 4.90 Å². The van der Waals surface area contributed by atoms with Crippen LogP contribution in [0.4, 0.5) is 23.7 Å². The lowest BCUT2D eigenvalue weighted by atomic mass is 10.2. The number of rotatable bonds is 3. The number of alkyl halides is 4. The molecule has 0 atom stereocenters. The molecule has 0 aliphatic carbocycles. The van der Waals surface area contributed by atoms with Gasteiger partial charge in [0.2, 0.25) is 0 Å². The van der Waals surface area contributed by atoms with E-state index in [2.05, 4.69) is 0 Å². The summed E-state index contributed by atoms with van der Waals surface area (Å²) >= 11 is 5.59. The topological polar surface area (TPSA) is 29.5 Å². The van der Waals surface area contributed by atoms with Crippen molar-refractivity contribution in [2.45, 2.75) is 26.1 Å². The third-order valence-corrected chi connectivity index (χ3v) is 2.40. The van der Waals surface area contributed by atoms with Crippen LogP contribution in [0.5, 0.6) is 0 Å². The first-order valence-electron chi connectivity index (χ1n) is 5.47. The molecule has 0 N–H and O–H groups in total. The van der Waals surface area contributed by atoms with Gasteiger partial charge in [0.05, 0.1) is 11.7 Å². The molecule has 19 heavy (non-hydrogen) atoms. The molecule has 0 bridgehead atoms. The monoisotopic (exact) mass is 295 g/mol. The van der Waals surface area contributed by atoms with E-state index in [1.165, 1.54) is 12.1 Å². The van der Waals surface area contributed by atoms with Crippen LogP contribution >= 0.6 is 11.6 Å². The number of halogens is 4. The van der Waals surface area contributed by atoms with Crippen molar-refractivity contribution in [2.75, 3.05) is 10.9 Å². The van der Waals surface area contributed by atoms with Crippen molar-refractivity contribution >= 4 is 23.4 Å². The van der Waals surface area contributed by atoms with E-state index in [0.717, 1.165) is 17.0 Å². The molecule has 0 saturated carbocycles. The number of carbonyl (C=O) groups is 1. The minimum absolute atomic E-state index is 0.0375. The molecule has 0 unspecified atom stereocenters. The van der Waals surface area contributed by atoms with Crippen molar-refractivity contribution in [2.24, 2.45) is 0 Å². The van der Waals surface area contributed by atoms with Gasteiger partial charge in [-0.2, -0.15) is 13.2 Å². The fourth-order valence-corrected chi connectivity index (χ4v) is 1.57. The summed E-state index contributed by atoms with van der Waals surface area (Å²) in [6.07, 6.45) is -5.65. The number of carbonyl (C=O) groups excluding carboxylic acids is 1. The second-order valence-corrected chi connectivity index (χ2v) is 4.27. The van der Waals surface area contributed by atoms with E-state index in [-0.39, 0.29) is 17.8 Å². The average Bonchev–Trinajstić information content (AvgIpc) is 2.28. The van der Waals surface area contributed by atoms with Gasteiger partial charge in [-0.3, -0.25) is 4.90 Å². The second-order valence-electron chi connectivity index (χ2n) is 4.03. The van der Waals surface area contributed by atoms with Gasteiger partial charge in [0, 0.05) is 5.69 Å². The predicted molar refractivity (Wildman–Crippen MR) is 66.3 cm³/mol. The van der Waals surface area contributed by atoms with Crippen LogP contribution in [0.15, 0.2) is 24.3 Å². The van der Waals surface area contributed by atoms with Crippen LogP contribution in [0.25, 0.3) is 0 Å². The van der Waals surface area contributed by atoms with Crippen LogP contribution in [0.3, 0.4) is 0 Å². The number of benzene rings is 1. The molecular weight excluding hydrogens is 283 g/mol. The highest BCUT2D eigenvalue weighted by atomic mass is 35.5. The maximum absolute atomic E-state index is 12.6. The Morgan fingerprint density at radius 1 is 1.42 bits per heavy atom. The summed E-state index contributed by atoms with van der Waals surface area (Å²) in [6, 6.07) is 4.04. The minimum Gasteiger partial charge on any atom is -0.446 e. The van der Waals surface area contributed by atoms with Gasteiger partial charge in [-0.05, 0) is 32.0 Å². The highest BCUT2D eigenvalue weighted by Crippen LogP contribution is 2.31. The van der Waals surface area contributed by atoms with Crippen molar-refractivity contribution in [1.29, 1.82) is 0 Å². The van der Waals surface area contributed by atoms with Crippen molar-refractivity contribution < 1.29 is 22.7 Å². The van der Waals surface area contributed by atoms with E-state index in [1.807, 2.05) is 0 Å². The number of amides is 1. The molecule has 1 rings (SSSR count). The zero-order valence-electron chi connectivity index (χ0n) is 10.4. The molecule has 0 spiro atoms. The van der Waals surface area contributed by atoms with Crippen LogP contribution in [0.2, 0.25) is 0 Å². The molecule has 0 aliphatic heterocycles. The lowest BCUT2D eigenvalue weighted by molar-refractivity contribution is -0.137. The van der Waals surface area contributed by atoms with Crippen LogP contribution in [0.1, 0.15) is 19.4 Å². The molecule has 0 radical (unpaired) electrons. The summed E-state index contributed by atoms with van der Waals surface area (Å²) in [6.45, 7) is 3.27. The summed E-state index contributed by atoms with van der Waals surface area (Å²) in [5, 5.41) is 0. The molecule has 1 amide bonds. The van der Waals surface area contributed by atoms with Crippen molar-refractivity contribution in [3.8, 4) is 0 Å².